The first-order chi connectivity index (χ1) is 7.08. The highest BCUT2D eigenvalue weighted by molar-refractivity contribution is 9.10. The van der Waals surface area contributed by atoms with Crippen LogP contribution < -0.4 is 16.4 Å². The molecule has 1 aromatic heterocycles. The number of carbonyl (C=O) groups excluding carboxylic acids is 1. The van der Waals surface area contributed by atoms with Gasteiger partial charge in [-0.15, -0.1) is 0 Å². The summed E-state index contributed by atoms with van der Waals surface area (Å²) in [5.41, 5.74) is 12.0. The average Bonchev–Trinajstić information content (AvgIpc) is 2.50. The van der Waals surface area contributed by atoms with Crippen LogP contribution in [0.15, 0.2) is 16.7 Å². The summed E-state index contributed by atoms with van der Waals surface area (Å²) in [7, 11) is 0. The van der Waals surface area contributed by atoms with Crippen molar-refractivity contribution in [2.24, 2.45) is 5.73 Å². The van der Waals surface area contributed by atoms with Crippen LogP contribution in [0.25, 0.3) is 0 Å². The molecule has 1 aromatic rings. The number of pyridine rings is 1. The van der Waals surface area contributed by atoms with Crippen LogP contribution >= 0.6 is 15.9 Å². The van der Waals surface area contributed by atoms with E-state index in [1.165, 1.54) is 0 Å². The number of hydrogen-bond acceptors (Lipinski definition) is 4. The molecule has 0 spiro atoms. The van der Waals surface area contributed by atoms with Crippen molar-refractivity contribution < 1.29 is 4.79 Å². The molecule has 1 saturated heterocycles. The molecule has 1 aliphatic rings. The van der Waals surface area contributed by atoms with Gasteiger partial charge in [0.25, 0.3) is 0 Å². The van der Waals surface area contributed by atoms with Gasteiger partial charge in [0.1, 0.15) is 5.82 Å². The summed E-state index contributed by atoms with van der Waals surface area (Å²) in [5, 5.41) is 0. The van der Waals surface area contributed by atoms with Crippen molar-refractivity contribution in [1.82, 2.24) is 4.98 Å². The fraction of sp³-hybridized carbons (Fsp3) is 0.333. The van der Waals surface area contributed by atoms with E-state index in [0.717, 1.165) is 4.47 Å². The number of nitrogens with zero attached hydrogens (tertiary/aromatic N) is 2. The average molecular weight is 271 g/mol. The van der Waals surface area contributed by atoms with Crippen LogP contribution in [0.3, 0.4) is 0 Å². The van der Waals surface area contributed by atoms with E-state index >= 15 is 0 Å². The minimum absolute atomic E-state index is 0.00546. The Labute approximate surface area is 95.6 Å². The van der Waals surface area contributed by atoms with Gasteiger partial charge < -0.3 is 16.4 Å². The Morgan fingerprint density at radius 1 is 1.60 bits per heavy atom. The molecule has 6 heteroatoms. The predicted octanol–water partition coefficient (Wildman–Crippen LogP) is 0.490. The second-order valence-electron chi connectivity index (χ2n) is 3.53. The summed E-state index contributed by atoms with van der Waals surface area (Å²) in [5.74, 6) is 0.342. The van der Waals surface area contributed by atoms with Crippen LogP contribution in [0.2, 0.25) is 0 Å². The normalized spacial score (nSPS) is 21.1. The zero-order valence-electron chi connectivity index (χ0n) is 7.98. The Balaban J connectivity index is 2.37. The highest BCUT2D eigenvalue weighted by Gasteiger charge is 2.29. The second kappa shape index (κ2) is 3.79. The van der Waals surface area contributed by atoms with Crippen molar-refractivity contribution in [3.05, 3.63) is 16.7 Å². The van der Waals surface area contributed by atoms with Crippen molar-refractivity contribution in [1.29, 1.82) is 0 Å². The number of nitrogen functional groups attached to an aromatic ring is 1. The Bertz CT molecular complexity index is 409. The third-order valence-corrected chi connectivity index (χ3v) is 2.74. The molecule has 0 radical (unpaired) electrons. The van der Waals surface area contributed by atoms with Crippen LogP contribution in [-0.2, 0) is 4.79 Å². The quantitative estimate of drug-likeness (QED) is 0.778. The molecule has 0 aliphatic carbocycles. The number of anilines is 2. The number of hydrogen-bond donors (Lipinski definition) is 2. The van der Waals surface area contributed by atoms with Gasteiger partial charge in [0, 0.05) is 29.7 Å². The van der Waals surface area contributed by atoms with Gasteiger partial charge in [-0.05, 0) is 22.0 Å². The monoisotopic (exact) mass is 270 g/mol. The Morgan fingerprint density at radius 3 is 2.93 bits per heavy atom. The van der Waals surface area contributed by atoms with Gasteiger partial charge in [0.2, 0.25) is 5.91 Å². The topological polar surface area (TPSA) is 85.2 Å². The zero-order chi connectivity index (χ0) is 11.0. The molecule has 1 atom stereocenters. The van der Waals surface area contributed by atoms with Crippen LogP contribution in [-0.4, -0.2) is 23.5 Å². The molecule has 80 valence electrons. The van der Waals surface area contributed by atoms with Gasteiger partial charge in [-0.3, -0.25) is 4.79 Å². The predicted molar refractivity (Wildman–Crippen MR) is 61.3 cm³/mol. The summed E-state index contributed by atoms with van der Waals surface area (Å²) in [4.78, 5) is 17.2. The molecule has 2 rings (SSSR count). The summed E-state index contributed by atoms with van der Waals surface area (Å²) in [6.07, 6.45) is 1.96. The third-order valence-electron chi connectivity index (χ3n) is 2.31. The van der Waals surface area contributed by atoms with E-state index in [-0.39, 0.29) is 11.9 Å². The third kappa shape index (κ3) is 1.95. The first kappa shape index (κ1) is 10.4. The first-order valence-corrected chi connectivity index (χ1v) is 5.34. The SMILES string of the molecule is Nc1ncc(Br)cc1N1CC(N)CC1=O. The number of aromatic nitrogens is 1. The molecular weight excluding hydrogens is 260 g/mol. The maximum atomic E-state index is 11.6. The van der Waals surface area contributed by atoms with E-state index < -0.39 is 0 Å². The fourth-order valence-corrected chi connectivity index (χ4v) is 1.94. The summed E-state index contributed by atoms with van der Waals surface area (Å²) in [6.45, 7) is 0.501. The molecule has 0 saturated carbocycles. The maximum absolute atomic E-state index is 11.6. The fourth-order valence-electron chi connectivity index (χ4n) is 1.62. The molecule has 5 nitrogen and oxygen atoms in total. The summed E-state index contributed by atoms with van der Waals surface area (Å²) < 4.78 is 0.792. The molecule has 1 fully saturated rings. The summed E-state index contributed by atoms with van der Waals surface area (Å²) >= 11 is 3.29. The zero-order valence-corrected chi connectivity index (χ0v) is 9.57. The van der Waals surface area contributed by atoms with Crippen molar-refractivity contribution >= 4 is 33.3 Å². The van der Waals surface area contributed by atoms with Crippen LogP contribution in [0.4, 0.5) is 11.5 Å². The van der Waals surface area contributed by atoms with E-state index in [1.807, 2.05) is 0 Å². The van der Waals surface area contributed by atoms with Gasteiger partial charge in [-0.25, -0.2) is 4.98 Å². The van der Waals surface area contributed by atoms with Crippen LogP contribution in [0, 0.1) is 0 Å². The number of carbonyl (C=O) groups is 1. The van der Waals surface area contributed by atoms with Gasteiger partial charge in [-0.2, -0.15) is 0 Å². The van der Waals surface area contributed by atoms with E-state index in [2.05, 4.69) is 20.9 Å². The van der Waals surface area contributed by atoms with Crippen molar-refractivity contribution in [3.8, 4) is 0 Å². The van der Waals surface area contributed by atoms with Gasteiger partial charge in [0.05, 0.1) is 5.69 Å². The number of amides is 1. The lowest BCUT2D eigenvalue weighted by Gasteiger charge is -2.17. The van der Waals surface area contributed by atoms with Gasteiger partial charge in [0.15, 0.2) is 0 Å². The smallest absolute Gasteiger partial charge is 0.228 e. The van der Waals surface area contributed by atoms with Gasteiger partial charge in [-0.1, -0.05) is 0 Å². The molecular formula is C9H11BrN4O. The molecule has 2 heterocycles. The molecule has 15 heavy (non-hydrogen) atoms. The number of rotatable bonds is 1. The molecule has 1 unspecified atom stereocenters. The van der Waals surface area contributed by atoms with Crippen molar-refractivity contribution in [3.63, 3.8) is 0 Å². The van der Waals surface area contributed by atoms with Crippen molar-refractivity contribution in [2.45, 2.75) is 12.5 Å². The molecule has 0 aromatic carbocycles. The Hall–Kier alpha value is -1.14. The van der Waals surface area contributed by atoms with Crippen LogP contribution in [0.5, 0.6) is 0 Å². The lowest BCUT2D eigenvalue weighted by Crippen LogP contribution is -2.28. The highest BCUT2D eigenvalue weighted by Crippen LogP contribution is 2.28. The first-order valence-electron chi connectivity index (χ1n) is 4.55. The largest absolute Gasteiger partial charge is 0.382 e. The van der Waals surface area contributed by atoms with E-state index in [1.54, 1.807) is 17.2 Å². The summed E-state index contributed by atoms with van der Waals surface area (Å²) in [6, 6.07) is 1.66. The molecule has 0 bridgehead atoms. The second-order valence-corrected chi connectivity index (χ2v) is 4.44. The number of halogens is 1. The maximum Gasteiger partial charge on any atom is 0.228 e. The van der Waals surface area contributed by atoms with Crippen LogP contribution in [0.1, 0.15) is 6.42 Å². The number of nitrogens with two attached hydrogens (primary N) is 2. The Kier molecular flexibility index (Phi) is 2.62. The highest BCUT2D eigenvalue weighted by atomic mass is 79.9. The standard InChI is InChI=1S/C9H11BrN4O/c10-5-1-7(9(12)13-3-5)14-4-6(11)2-8(14)15/h1,3,6H,2,4,11H2,(H2,12,13). The molecule has 1 amide bonds. The van der Waals surface area contributed by atoms with E-state index in [9.17, 15) is 4.79 Å². The van der Waals surface area contributed by atoms with Crippen molar-refractivity contribution in [2.75, 3.05) is 17.2 Å². The molecule has 1 aliphatic heterocycles. The minimum Gasteiger partial charge on any atom is -0.382 e. The van der Waals surface area contributed by atoms with E-state index in [0.29, 0.717) is 24.5 Å². The Morgan fingerprint density at radius 2 is 2.33 bits per heavy atom. The lowest BCUT2D eigenvalue weighted by atomic mass is 10.3. The lowest BCUT2D eigenvalue weighted by molar-refractivity contribution is -0.117. The van der Waals surface area contributed by atoms with Gasteiger partial charge >= 0.3 is 0 Å². The minimum atomic E-state index is -0.115. The molecule has 4 N–H and O–H groups in total. The van der Waals surface area contributed by atoms with E-state index in [4.69, 9.17) is 11.5 Å².